The smallest absolute Gasteiger partial charge is 0.315 e. The van der Waals surface area contributed by atoms with Crippen LogP contribution < -0.4 is 16.0 Å². The van der Waals surface area contributed by atoms with Crippen molar-refractivity contribution in [2.24, 2.45) is 5.92 Å². The molecule has 0 saturated carbocycles. The van der Waals surface area contributed by atoms with Gasteiger partial charge in [-0.25, -0.2) is 4.79 Å². The highest BCUT2D eigenvalue weighted by atomic mass is 16.3. The van der Waals surface area contributed by atoms with Crippen LogP contribution in [0.2, 0.25) is 0 Å². The molecule has 7 nitrogen and oxygen atoms in total. The third kappa shape index (κ3) is 8.89. The van der Waals surface area contributed by atoms with Crippen LogP contribution in [0.1, 0.15) is 37.8 Å². The summed E-state index contributed by atoms with van der Waals surface area (Å²) >= 11 is 0. The average molecular weight is 440 g/mol. The molecule has 0 spiro atoms. The first kappa shape index (κ1) is 25.1. The molecule has 172 valence electrons. The molecule has 0 aliphatic carbocycles. The normalized spacial score (nSPS) is 12.6. The first-order chi connectivity index (χ1) is 15.4. The number of urea groups is 1. The highest BCUT2D eigenvalue weighted by Gasteiger charge is 2.27. The SMILES string of the molecule is CC(C)C[C@H](NC(=O)NCc1ccccc1)C(=O)N[C@@H](CCc1ccccc1)C(=O)CO. The lowest BCUT2D eigenvalue weighted by molar-refractivity contribution is -0.130. The number of ketones is 1. The summed E-state index contributed by atoms with van der Waals surface area (Å²) in [6, 6.07) is 17.0. The van der Waals surface area contributed by atoms with E-state index in [-0.39, 0.29) is 5.92 Å². The number of rotatable bonds is 12. The third-order valence-corrected chi connectivity index (χ3v) is 5.05. The van der Waals surface area contributed by atoms with Gasteiger partial charge >= 0.3 is 6.03 Å². The van der Waals surface area contributed by atoms with Gasteiger partial charge in [0.1, 0.15) is 12.6 Å². The van der Waals surface area contributed by atoms with E-state index in [0.717, 1.165) is 11.1 Å². The van der Waals surface area contributed by atoms with E-state index in [1.54, 1.807) is 0 Å². The summed E-state index contributed by atoms with van der Waals surface area (Å²) in [5, 5.41) is 17.5. The monoisotopic (exact) mass is 439 g/mol. The maximum atomic E-state index is 12.9. The standard InChI is InChI=1S/C25H33N3O4/c1-18(2)15-22(28-25(32)26-16-20-11-7-4-8-12-20)24(31)27-21(23(30)17-29)14-13-19-9-5-3-6-10-19/h3-12,18,21-22,29H,13-17H2,1-2H3,(H,27,31)(H2,26,28,32)/t21-,22-/m0/s1. The number of aryl methyl sites for hydroxylation is 1. The van der Waals surface area contributed by atoms with Crippen molar-refractivity contribution in [1.29, 1.82) is 0 Å². The fraction of sp³-hybridized carbons (Fsp3) is 0.400. The van der Waals surface area contributed by atoms with Crippen LogP contribution in [-0.4, -0.2) is 41.5 Å². The molecule has 0 aliphatic rings. The molecule has 0 aromatic heterocycles. The van der Waals surface area contributed by atoms with Crippen molar-refractivity contribution in [3.63, 3.8) is 0 Å². The molecule has 7 heteroatoms. The molecule has 3 amide bonds. The van der Waals surface area contributed by atoms with E-state index in [4.69, 9.17) is 0 Å². The Morgan fingerprint density at radius 1 is 0.844 bits per heavy atom. The van der Waals surface area contributed by atoms with E-state index in [1.807, 2.05) is 74.5 Å². The van der Waals surface area contributed by atoms with Crippen LogP contribution in [0.4, 0.5) is 4.79 Å². The molecule has 2 aromatic rings. The number of hydrogen-bond acceptors (Lipinski definition) is 4. The number of nitrogens with one attached hydrogen (secondary N) is 3. The average Bonchev–Trinajstić information content (AvgIpc) is 2.80. The van der Waals surface area contributed by atoms with Crippen molar-refractivity contribution >= 4 is 17.7 Å². The lowest BCUT2D eigenvalue weighted by Crippen LogP contribution is -2.54. The van der Waals surface area contributed by atoms with Gasteiger partial charge in [0.25, 0.3) is 0 Å². The lowest BCUT2D eigenvalue weighted by Gasteiger charge is -2.24. The summed E-state index contributed by atoms with van der Waals surface area (Å²) in [6.45, 7) is 3.59. The number of Topliss-reactive ketones (excluding diaryl/α,β-unsaturated/α-hetero) is 1. The van der Waals surface area contributed by atoms with E-state index >= 15 is 0 Å². The van der Waals surface area contributed by atoms with Crippen LogP contribution in [0.25, 0.3) is 0 Å². The quantitative estimate of drug-likeness (QED) is 0.408. The Bertz CT molecular complexity index is 856. The van der Waals surface area contributed by atoms with Crippen molar-refractivity contribution in [3.8, 4) is 0 Å². The summed E-state index contributed by atoms with van der Waals surface area (Å²) in [6.07, 6.45) is 1.37. The topological polar surface area (TPSA) is 108 Å². The molecule has 4 N–H and O–H groups in total. The molecule has 0 unspecified atom stereocenters. The molecule has 0 fully saturated rings. The highest BCUT2D eigenvalue weighted by Crippen LogP contribution is 2.09. The molecule has 0 heterocycles. The third-order valence-electron chi connectivity index (χ3n) is 5.05. The number of hydrogen-bond donors (Lipinski definition) is 4. The Morgan fingerprint density at radius 3 is 2.00 bits per heavy atom. The van der Waals surface area contributed by atoms with Crippen molar-refractivity contribution in [2.45, 2.75) is 51.7 Å². The summed E-state index contributed by atoms with van der Waals surface area (Å²) in [5.74, 6) is -0.740. The number of carbonyl (C=O) groups excluding carboxylic acids is 3. The zero-order valence-electron chi connectivity index (χ0n) is 18.7. The molecule has 0 saturated heterocycles. The molecule has 0 aliphatic heterocycles. The molecule has 32 heavy (non-hydrogen) atoms. The van der Waals surface area contributed by atoms with Crippen molar-refractivity contribution in [2.75, 3.05) is 6.61 Å². The van der Waals surface area contributed by atoms with Gasteiger partial charge in [-0.2, -0.15) is 0 Å². The van der Waals surface area contributed by atoms with Gasteiger partial charge in [-0.15, -0.1) is 0 Å². The molecule has 0 bridgehead atoms. The Hall–Kier alpha value is -3.19. The number of amides is 3. The van der Waals surface area contributed by atoms with Gasteiger partial charge in [-0.1, -0.05) is 74.5 Å². The maximum absolute atomic E-state index is 12.9. The Kier molecular flexibility index (Phi) is 10.4. The van der Waals surface area contributed by atoms with E-state index in [0.29, 0.717) is 25.8 Å². The number of aliphatic hydroxyl groups is 1. The van der Waals surface area contributed by atoms with E-state index in [2.05, 4.69) is 16.0 Å². The second-order valence-corrected chi connectivity index (χ2v) is 8.20. The predicted molar refractivity (Wildman–Crippen MR) is 124 cm³/mol. The Labute approximate surface area is 189 Å². The van der Waals surface area contributed by atoms with Crippen molar-refractivity contribution in [3.05, 3.63) is 71.8 Å². The van der Waals surface area contributed by atoms with Crippen LogP contribution in [0.5, 0.6) is 0 Å². The minimum absolute atomic E-state index is 0.150. The first-order valence-corrected chi connectivity index (χ1v) is 10.9. The zero-order valence-corrected chi connectivity index (χ0v) is 18.7. The lowest BCUT2D eigenvalue weighted by atomic mass is 10.00. The molecule has 2 aromatic carbocycles. The van der Waals surface area contributed by atoms with Crippen LogP contribution in [0.3, 0.4) is 0 Å². The van der Waals surface area contributed by atoms with Gasteiger partial charge in [0.2, 0.25) is 5.91 Å². The fourth-order valence-corrected chi connectivity index (χ4v) is 3.34. The Morgan fingerprint density at radius 2 is 1.44 bits per heavy atom. The summed E-state index contributed by atoms with van der Waals surface area (Å²) in [4.78, 5) is 37.6. The van der Waals surface area contributed by atoms with E-state index in [1.165, 1.54) is 0 Å². The van der Waals surface area contributed by atoms with E-state index in [9.17, 15) is 19.5 Å². The van der Waals surface area contributed by atoms with Gasteiger partial charge in [-0.3, -0.25) is 9.59 Å². The van der Waals surface area contributed by atoms with Gasteiger partial charge in [-0.05, 0) is 36.3 Å². The van der Waals surface area contributed by atoms with Gasteiger partial charge < -0.3 is 21.1 Å². The summed E-state index contributed by atoms with van der Waals surface area (Å²) < 4.78 is 0. The van der Waals surface area contributed by atoms with Gasteiger partial charge in [0.15, 0.2) is 5.78 Å². The predicted octanol–water partition coefficient (Wildman–Crippen LogP) is 2.58. The molecule has 0 radical (unpaired) electrons. The van der Waals surface area contributed by atoms with Crippen molar-refractivity contribution < 1.29 is 19.5 Å². The molecule has 2 atom stereocenters. The molecular weight excluding hydrogens is 406 g/mol. The second-order valence-electron chi connectivity index (χ2n) is 8.20. The second kappa shape index (κ2) is 13.3. The van der Waals surface area contributed by atoms with Crippen LogP contribution >= 0.6 is 0 Å². The van der Waals surface area contributed by atoms with Gasteiger partial charge in [0, 0.05) is 6.54 Å². The molecular formula is C25H33N3O4. The number of benzene rings is 2. The summed E-state index contributed by atoms with van der Waals surface area (Å²) in [7, 11) is 0. The first-order valence-electron chi connectivity index (χ1n) is 10.9. The largest absolute Gasteiger partial charge is 0.389 e. The maximum Gasteiger partial charge on any atom is 0.315 e. The Balaban J connectivity index is 1.98. The van der Waals surface area contributed by atoms with Crippen LogP contribution in [0, 0.1) is 5.92 Å². The minimum atomic E-state index is -0.823. The number of carbonyl (C=O) groups is 3. The van der Waals surface area contributed by atoms with Gasteiger partial charge in [0.05, 0.1) is 6.04 Å². The summed E-state index contributed by atoms with van der Waals surface area (Å²) in [5.41, 5.74) is 1.98. The number of aliphatic hydroxyl groups excluding tert-OH is 1. The minimum Gasteiger partial charge on any atom is -0.389 e. The van der Waals surface area contributed by atoms with E-state index < -0.39 is 36.4 Å². The fourth-order valence-electron chi connectivity index (χ4n) is 3.34. The van der Waals surface area contributed by atoms with Crippen LogP contribution in [0.15, 0.2) is 60.7 Å². The van der Waals surface area contributed by atoms with Crippen molar-refractivity contribution in [1.82, 2.24) is 16.0 Å². The molecule has 2 rings (SSSR count). The highest BCUT2D eigenvalue weighted by molar-refractivity contribution is 5.93. The van der Waals surface area contributed by atoms with Crippen LogP contribution in [-0.2, 0) is 22.6 Å². The zero-order chi connectivity index (χ0) is 23.3.